The first-order valence-corrected chi connectivity index (χ1v) is 8.07. The predicted octanol–water partition coefficient (Wildman–Crippen LogP) is 0.635. The van der Waals surface area contributed by atoms with Crippen molar-refractivity contribution in [2.24, 2.45) is 7.05 Å². The molecule has 4 heterocycles. The van der Waals surface area contributed by atoms with E-state index in [2.05, 4.69) is 25.3 Å². The zero-order valence-electron chi connectivity index (χ0n) is 13.7. The third-order valence-electron chi connectivity index (χ3n) is 4.43. The van der Waals surface area contributed by atoms with Gasteiger partial charge in [0.1, 0.15) is 6.10 Å². The van der Waals surface area contributed by atoms with Crippen LogP contribution in [-0.4, -0.2) is 43.1 Å². The lowest BCUT2D eigenvalue weighted by Crippen LogP contribution is -2.40. The van der Waals surface area contributed by atoms with Crippen molar-refractivity contribution in [1.29, 1.82) is 0 Å². The zero-order valence-corrected chi connectivity index (χ0v) is 13.7. The highest BCUT2D eigenvalue weighted by Crippen LogP contribution is 2.27. The molecule has 130 valence electrons. The fourth-order valence-corrected chi connectivity index (χ4v) is 3.13. The number of carbonyl (C=O) groups excluding carboxylic acids is 1. The number of amides is 1. The Kier molecular flexibility index (Phi) is 3.85. The summed E-state index contributed by atoms with van der Waals surface area (Å²) in [4.78, 5) is 37.2. The zero-order chi connectivity index (χ0) is 17.4. The van der Waals surface area contributed by atoms with Crippen molar-refractivity contribution in [1.82, 2.24) is 29.8 Å². The molecule has 2 unspecified atom stereocenters. The van der Waals surface area contributed by atoms with Gasteiger partial charge in [-0.05, 0) is 18.9 Å². The number of aryl methyl sites for hydroxylation is 1. The van der Waals surface area contributed by atoms with E-state index in [0.717, 1.165) is 12.1 Å². The number of hydrogen-bond acceptors (Lipinski definition) is 5. The summed E-state index contributed by atoms with van der Waals surface area (Å²) in [6, 6.07) is 1.62. The van der Waals surface area contributed by atoms with Crippen LogP contribution in [-0.2, 0) is 11.8 Å². The molecule has 0 spiro atoms. The SMILES string of the molecule is Cn1cncc1C1CC(NC(=O)c2cnc3[nH]c(=O)[nH]c3c2)CCO1. The second-order valence-electron chi connectivity index (χ2n) is 6.18. The Bertz CT molecular complexity index is 972. The third-order valence-corrected chi connectivity index (χ3v) is 4.43. The van der Waals surface area contributed by atoms with E-state index in [1.807, 2.05) is 11.6 Å². The van der Waals surface area contributed by atoms with Crippen LogP contribution in [0.4, 0.5) is 0 Å². The van der Waals surface area contributed by atoms with Crippen molar-refractivity contribution in [3.05, 3.63) is 46.5 Å². The number of nitrogens with one attached hydrogen (secondary N) is 3. The maximum absolute atomic E-state index is 12.5. The predicted molar refractivity (Wildman–Crippen MR) is 89.1 cm³/mol. The van der Waals surface area contributed by atoms with E-state index >= 15 is 0 Å². The van der Waals surface area contributed by atoms with Crippen LogP contribution in [0.15, 0.2) is 29.6 Å². The molecule has 0 bridgehead atoms. The molecular formula is C16H18N6O3. The summed E-state index contributed by atoms with van der Waals surface area (Å²) in [5.74, 6) is -0.216. The van der Waals surface area contributed by atoms with E-state index in [1.54, 1.807) is 18.6 Å². The van der Waals surface area contributed by atoms with Gasteiger partial charge in [-0.3, -0.25) is 9.78 Å². The van der Waals surface area contributed by atoms with E-state index < -0.39 is 0 Å². The Morgan fingerprint density at radius 3 is 3.08 bits per heavy atom. The smallest absolute Gasteiger partial charge is 0.325 e. The van der Waals surface area contributed by atoms with Gasteiger partial charge in [-0.1, -0.05) is 0 Å². The second kappa shape index (κ2) is 6.17. The number of hydrogen-bond donors (Lipinski definition) is 3. The Balaban J connectivity index is 1.47. The van der Waals surface area contributed by atoms with Crippen LogP contribution in [0.25, 0.3) is 11.2 Å². The van der Waals surface area contributed by atoms with Crippen molar-refractivity contribution in [2.45, 2.75) is 25.0 Å². The van der Waals surface area contributed by atoms with E-state index in [0.29, 0.717) is 29.8 Å². The van der Waals surface area contributed by atoms with Crippen LogP contribution in [0.3, 0.4) is 0 Å². The number of aromatic nitrogens is 5. The van der Waals surface area contributed by atoms with E-state index in [1.165, 1.54) is 6.20 Å². The molecule has 1 aliphatic rings. The van der Waals surface area contributed by atoms with Gasteiger partial charge in [-0.15, -0.1) is 0 Å². The van der Waals surface area contributed by atoms with Crippen LogP contribution >= 0.6 is 0 Å². The molecule has 0 saturated carbocycles. The summed E-state index contributed by atoms with van der Waals surface area (Å²) in [7, 11) is 1.92. The fourth-order valence-electron chi connectivity index (χ4n) is 3.13. The highest BCUT2D eigenvalue weighted by atomic mass is 16.5. The molecule has 4 rings (SSSR count). The monoisotopic (exact) mass is 342 g/mol. The maximum atomic E-state index is 12.5. The van der Waals surface area contributed by atoms with Gasteiger partial charge in [0.25, 0.3) is 5.91 Å². The largest absolute Gasteiger partial charge is 0.372 e. The molecule has 3 aromatic heterocycles. The Labute approximate surface area is 142 Å². The molecule has 1 saturated heterocycles. The molecular weight excluding hydrogens is 324 g/mol. The Morgan fingerprint density at radius 2 is 2.28 bits per heavy atom. The van der Waals surface area contributed by atoms with Gasteiger partial charge >= 0.3 is 5.69 Å². The normalized spacial score (nSPS) is 20.7. The molecule has 3 aromatic rings. The van der Waals surface area contributed by atoms with Gasteiger partial charge in [0.15, 0.2) is 5.65 Å². The number of ether oxygens (including phenoxy) is 1. The van der Waals surface area contributed by atoms with Crippen molar-refractivity contribution in [2.75, 3.05) is 6.61 Å². The first kappa shape index (κ1) is 15.6. The summed E-state index contributed by atoms with van der Waals surface area (Å²) < 4.78 is 7.74. The molecule has 9 heteroatoms. The molecule has 2 atom stereocenters. The number of pyridine rings is 1. The molecule has 1 aliphatic heterocycles. The van der Waals surface area contributed by atoms with Gasteiger partial charge < -0.3 is 19.6 Å². The third kappa shape index (κ3) is 3.05. The van der Waals surface area contributed by atoms with Crippen molar-refractivity contribution in [3.8, 4) is 0 Å². The van der Waals surface area contributed by atoms with E-state index in [4.69, 9.17) is 4.74 Å². The van der Waals surface area contributed by atoms with Crippen molar-refractivity contribution >= 4 is 17.1 Å². The minimum Gasteiger partial charge on any atom is -0.372 e. The summed E-state index contributed by atoms with van der Waals surface area (Å²) in [5, 5.41) is 3.03. The summed E-state index contributed by atoms with van der Waals surface area (Å²) in [5.41, 5.74) is 2.00. The van der Waals surface area contributed by atoms with Crippen molar-refractivity contribution < 1.29 is 9.53 Å². The van der Waals surface area contributed by atoms with Gasteiger partial charge in [-0.25, -0.2) is 14.8 Å². The topological polar surface area (TPSA) is 118 Å². The van der Waals surface area contributed by atoms with Crippen LogP contribution in [0, 0.1) is 0 Å². The molecule has 0 aliphatic carbocycles. The van der Waals surface area contributed by atoms with Crippen LogP contribution in [0.2, 0.25) is 0 Å². The summed E-state index contributed by atoms with van der Waals surface area (Å²) >= 11 is 0. The van der Waals surface area contributed by atoms with E-state index in [-0.39, 0.29) is 23.7 Å². The molecule has 0 radical (unpaired) electrons. The quantitative estimate of drug-likeness (QED) is 0.645. The number of aromatic amines is 2. The lowest BCUT2D eigenvalue weighted by atomic mass is 10.0. The number of imidazole rings is 2. The summed E-state index contributed by atoms with van der Waals surface area (Å²) in [6.45, 7) is 0.573. The van der Waals surface area contributed by atoms with Gasteiger partial charge in [0.2, 0.25) is 0 Å². The lowest BCUT2D eigenvalue weighted by Gasteiger charge is -2.30. The molecule has 9 nitrogen and oxygen atoms in total. The van der Waals surface area contributed by atoms with Crippen LogP contribution in [0.5, 0.6) is 0 Å². The van der Waals surface area contributed by atoms with Crippen molar-refractivity contribution in [3.63, 3.8) is 0 Å². The first-order chi connectivity index (χ1) is 12.1. The number of nitrogens with zero attached hydrogens (tertiary/aromatic N) is 3. The molecule has 1 amide bonds. The first-order valence-electron chi connectivity index (χ1n) is 8.07. The molecule has 3 N–H and O–H groups in total. The number of fused-ring (bicyclic) bond motifs is 1. The minimum atomic E-state index is -0.344. The number of H-pyrrole nitrogens is 2. The number of rotatable bonds is 3. The van der Waals surface area contributed by atoms with Gasteiger partial charge in [-0.2, -0.15) is 0 Å². The fraction of sp³-hybridized carbons (Fsp3) is 0.375. The van der Waals surface area contributed by atoms with E-state index in [9.17, 15) is 9.59 Å². The lowest BCUT2D eigenvalue weighted by molar-refractivity contribution is -0.00301. The second-order valence-corrected chi connectivity index (χ2v) is 6.18. The molecule has 1 fully saturated rings. The van der Waals surface area contributed by atoms with Crippen LogP contribution in [0.1, 0.15) is 35.0 Å². The average Bonchev–Trinajstić information content (AvgIpc) is 3.18. The van der Waals surface area contributed by atoms with Gasteiger partial charge in [0, 0.05) is 25.9 Å². The Morgan fingerprint density at radius 1 is 1.40 bits per heavy atom. The highest BCUT2D eigenvalue weighted by molar-refractivity contribution is 5.96. The number of carbonyl (C=O) groups is 1. The average molecular weight is 342 g/mol. The maximum Gasteiger partial charge on any atom is 0.325 e. The van der Waals surface area contributed by atoms with Crippen LogP contribution < -0.4 is 11.0 Å². The summed E-state index contributed by atoms with van der Waals surface area (Å²) in [6.07, 6.45) is 6.32. The van der Waals surface area contributed by atoms with Gasteiger partial charge in [0.05, 0.1) is 29.3 Å². The Hall–Kier alpha value is -2.94. The standard InChI is InChI=1S/C16H18N6O3/c1-22-8-17-7-12(22)13-5-10(2-3-25-13)19-15(23)9-4-11-14(18-6-9)21-16(24)20-11/h4,6-8,10,13H,2-3,5H2,1H3,(H,19,23)(H2,18,20,21,24). The highest BCUT2D eigenvalue weighted by Gasteiger charge is 2.27. The molecule has 0 aromatic carbocycles. The molecule has 25 heavy (non-hydrogen) atoms. The minimum absolute atomic E-state index is 0.00196.